The van der Waals surface area contributed by atoms with Gasteiger partial charge in [0.15, 0.2) is 0 Å². The number of hydrogen-bond acceptors (Lipinski definition) is 4. The average Bonchev–Trinajstić information content (AvgIpc) is 2.06. The van der Waals surface area contributed by atoms with Gasteiger partial charge in [-0.15, -0.1) is 0 Å². The topological polar surface area (TPSA) is 56.3 Å². The Bertz CT molecular complexity index is 329. The summed E-state index contributed by atoms with van der Waals surface area (Å²) in [6.45, 7) is 0. The van der Waals surface area contributed by atoms with Crippen LogP contribution in [0, 0.1) is 0 Å². The Kier molecular flexibility index (Phi) is 4.96. The van der Waals surface area contributed by atoms with Gasteiger partial charge >= 0.3 is 29.6 Å². The van der Waals surface area contributed by atoms with Gasteiger partial charge in [0.25, 0.3) is 10.1 Å². The van der Waals surface area contributed by atoms with E-state index in [2.05, 4.69) is 9.17 Å². The van der Waals surface area contributed by atoms with Gasteiger partial charge in [0.05, 0.1) is 12.0 Å². The molecule has 0 fully saturated rings. The fourth-order valence-corrected chi connectivity index (χ4v) is 1.25. The molecule has 0 atom stereocenters. The van der Waals surface area contributed by atoms with Crippen LogP contribution in [0.5, 0.6) is 0 Å². The summed E-state index contributed by atoms with van der Waals surface area (Å²) >= 11 is 0. The maximum absolute atomic E-state index is 11.0. The molecule has 0 aromatic carbocycles. The molecule has 0 saturated heterocycles. The van der Waals surface area contributed by atoms with Crippen molar-refractivity contribution < 1.29 is 43.6 Å². The van der Waals surface area contributed by atoms with Gasteiger partial charge in [-0.3, -0.25) is 9.17 Å². The Morgan fingerprint density at radius 1 is 1.42 bits per heavy atom. The molecule has 0 aliphatic carbocycles. The third-order valence-electron chi connectivity index (χ3n) is 1.16. The summed E-state index contributed by atoms with van der Waals surface area (Å²) in [5, 5.41) is 0. The fraction of sp³-hybridized carbons (Fsp3) is 0.167. The van der Waals surface area contributed by atoms with Gasteiger partial charge in [0.2, 0.25) is 0 Å². The molecule has 1 aromatic heterocycles. The molecule has 62 valence electrons. The van der Waals surface area contributed by atoms with E-state index in [4.69, 9.17) is 0 Å². The van der Waals surface area contributed by atoms with Crippen molar-refractivity contribution in [1.82, 2.24) is 4.98 Å². The molecular weight excluding hydrogens is 189 g/mol. The maximum atomic E-state index is 11.0. The monoisotopic (exact) mass is 197 g/mol. The molecule has 12 heavy (non-hydrogen) atoms. The quantitative estimate of drug-likeness (QED) is 0.389. The molecule has 1 rings (SSSR count). The van der Waals surface area contributed by atoms with Gasteiger partial charge < -0.3 is 1.43 Å². The minimum absolute atomic E-state index is 0. The zero-order valence-electron chi connectivity index (χ0n) is 7.89. The first-order chi connectivity index (χ1) is 5.17. The summed E-state index contributed by atoms with van der Waals surface area (Å²) in [7, 11) is -2.42. The first-order valence-electron chi connectivity index (χ1n) is 2.87. The van der Waals surface area contributed by atoms with E-state index < -0.39 is 10.1 Å². The summed E-state index contributed by atoms with van der Waals surface area (Å²) in [5.41, 5.74) is 0. The van der Waals surface area contributed by atoms with Gasteiger partial charge in [-0.1, -0.05) is 0 Å². The third kappa shape index (κ3) is 2.84. The fourth-order valence-electron chi connectivity index (χ4n) is 0.601. The molecule has 4 nitrogen and oxygen atoms in total. The Hall–Kier alpha value is 0.0600. The van der Waals surface area contributed by atoms with Crippen LogP contribution in [0.25, 0.3) is 0 Å². The summed E-state index contributed by atoms with van der Waals surface area (Å²) in [5.74, 6) is 0. The van der Waals surface area contributed by atoms with Crippen LogP contribution in [-0.2, 0) is 14.3 Å². The van der Waals surface area contributed by atoms with Crippen LogP contribution in [-0.4, -0.2) is 20.5 Å². The Morgan fingerprint density at radius 3 is 2.33 bits per heavy atom. The Balaban J connectivity index is 0. The molecule has 0 aliphatic heterocycles. The largest absolute Gasteiger partial charge is 1.00 e. The summed E-state index contributed by atoms with van der Waals surface area (Å²) in [6.07, 6.45) is 2.79. The summed E-state index contributed by atoms with van der Waals surface area (Å²) in [4.78, 5) is 3.79. The van der Waals surface area contributed by atoms with E-state index >= 15 is 0 Å². The number of rotatable bonds is 2. The van der Waals surface area contributed by atoms with E-state index in [0.29, 0.717) is 0 Å². The second-order valence-electron chi connectivity index (χ2n) is 1.80. The van der Waals surface area contributed by atoms with Crippen LogP contribution < -0.4 is 29.6 Å². The molecule has 0 radical (unpaired) electrons. The van der Waals surface area contributed by atoms with Crippen molar-refractivity contribution in [2.24, 2.45) is 0 Å². The number of pyridine rings is 1. The molecule has 0 aliphatic rings. The molecule has 6 heteroatoms. The Morgan fingerprint density at radius 2 is 1.92 bits per heavy atom. The van der Waals surface area contributed by atoms with Crippen LogP contribution >= 0.6 is 0 Å². The minimum Gasteiger partial charge on any atom is -1.00 e. The maximum Gasteiger partial charge on any atom is 1.00 e. The molecule has 1 aromatic rings. The minimum atomic E-state index is -3.54. The Labute approximate surface area is 94.9 Å². The van der Waals surface area contributed by atoms with Gasteiger partial charge in [0, 0.05) is 12.4 Å². The second kappa shape index (κ2) is 4.94. The van der Waals surface area contributed by atoms with E-state index in [1.807, 2.05) is 0 Å². The molecule has 0 N–H and O–H groups in total. The van der Waals surface area contributed by atoms with E-state index in [-0.39, 0.29) is 35.9 Å². The van der Waals surface area contributed by atoms with Crippen molar-refractivity contribution >= 4 is 10.1 Å². The van der Waals surface area contributed by atoms with Crippen molar-refractivity contribution in [3.05, 3.63) is 24.5 Å². The van der Waals surface area contributed by atoms with Gasteiger partial charge in [-0.25, -0.2) is 0 Å². The van der Waals surface area contributed by atoms with Crippen LogP contribution in [0.4, 0.5) is 0 Å². The molecule has 0 amide bonds. The molecule has 0 bridgehead atoms. The van der Waals surface area contributed by atoms with Crippen LogP contribution in [0.15, 0.2) is 29.4 Å². The predicted molar refractivity (Wildman–Crippen MR) is 39.5 cm³/mol. The average molecular weight is 197 g/mol. The van der Waals surface area contributed by atoms with Gasteiger partial charge in [0.1, 0.15) is 0 Å². The van der Waals surface area contributed by atoms with Crippen molar-refractivity contribution in [3.63, 3.8) is 0 Å². The second-order valence-corrected chi connectivity index (χ2v) is 3.52. The summed E-state index contributed by atoms with van der Waals surface area (Å²) < 4.78 is 26.2. The first-order valence-corrected chi connectivity index (χ1v) is 4.28. The van der Waals surface area contributed by atoms with Gasteiger partial charge in [-0.05, 0) is 12.1 Å². The molecule has 0 unspecified atom stereocenters. The van der Waals surface area contributed by atoms with E-state index in [1.165, 1.54) is 24.5 Å². The van der Waals surface area contributed by atoms with Crippen LogP contribution in [0.3, 0.4) is 0 Å². The van der Waals surface area contributed by atoms with E-state index in [1.54, 1.807) is 0 Å². The number of hydrogen-bond donors (Lipinski definition) is 0. The zero-order valence-corrected chi connectivity index (χ0v) is 9.71. The van der Waals surface area contributed by atoms with E-state index in [9.17, 15) is 8.42 Å². The van der Waals surface area contributed by atoms with Crippen LogP contribution in [0.1, 0.15) is 1.43 Å². The van der Waals surface area contributed by atoms with Crippen molar-refractivity contribution in [2.45, 2.75) is 4.90 Å². The smallest absolute Gasteiger partial charge is 1.00 e. The van der Waals surface area contributed by atoms with Gasteiger partial charge in [-0.2, -0.15) is 8.42 Å². The normalized spacial score (nSPS) is 10.4. The number of aromatic nitrogens is 1. The van der Waals surface area contributed by atoms with Crippen molar-refractivity contribution in [3.8, 4) is 0 Å². The van der Waals surface area contributed by atoms with Crippen molar-refractivity contribution in [1.29, 1.82) is 0 Å². The first kappa shape index (κ1) is 12.1. The zero-order chi connectivity index (χ0) is 8.32. The van der Waals surface area contributed by atoms with Crippen molar-refractivity contribution in [2.75, 3.05) is 7.11 Å². The van der Waals surface area contributed by atoms with E-state index in [0.717, 1.165) is 7.11 Å². The molecule has 0 saturated carbocycles. The molecule has 0 spiro atoms. The standard InChI is InChI=1S/C6H7NO3S.Na.H/c1-10-11(8,9)6-2-4-7-5-3-6;;/h2-5H,1H3;;/q;+1;-1. The third-order valence-corrected chi connectivity index (χ3v) is 2.45. The predicted octanol–water partition coefficient (Wildman–Crippen LogP) is -2.47. The number of nitrogens with zero attached hydrogens (tertiary/aromatic N) is 1. The van der Waals surface area contributed by atoms with Crippen LogP contribution in [0.2, 0.25) is 0 Å². The molecule has 1 heterocycles. The SMILES string of the molecule is COS(=O)(=O)c1ccncc1.[H-].[Na+]. The molecular formula is C6H8NNaO3S. The summed E-state index contributed by atoms with van der Waals surface area (Å²) in [6, 6.07) is 2.75.